The van der Waals surface area contributed by atoms with Gasteiger partial charge in [-0.05, 0) is 42.5 Å². The molecule has 7 heteroatoms. The molecule has 4 rings (SSSR count). The van der Waals surface area contributed by atoms with E-state index in [0.29, 0.717) is 37.4 Å². The highest BCUT2D eigenvalue weighted by molar-refractivity contribution is 5.98. The summed E-state index contributed by atoms with van der Waals surface area (Å²) in [6.45, 7) is 1.94. The average molecular weight is 373 g/mol. The zero-order valence-electron chi connectivity index (χ0n) is 14.5. The van der Waals surface area contributed by atoms with Gasteiger partial charge in [-0.1, -0.05) is 6.07 Å². The molecule has 1 N–H and O–H groups in total. The van der Waals surface area contributed by atoms with Gasteiger partial charge in [-0.2, -0.15) is 13.2 Å². The van der Waals surface area contributed by atoms with E-state index in [2.05, 4.69) is 4.98 Å². The number of nitrogens with zero attached hydrogens (tertiary/aromatic N) is 2. The van der Waals surface area contributed by atoms with Crippen molar-refractivity contribution < 1.29 is 18.0 Å². The maximum Gasteiger partial charge on any atom is 0.416 e. The van der Waals surface area contributed by atoms with Gasteiger partial charge < -0.3 is 14.8 Å². The lowest BCUT2D eigenvalue weighted by Gasteiger charge is -2.36. The molecule has 1 aliphatic heterocycles. The molecule has 4 nitrogen and oxygen atoms in total. The highest BCUT2D eigenvalue weighted by Gasteiger charge is 2.31. The number of hydrogen-bond donors (Lipinski definition) is 1. The van der Waals surface area contributed by atoms with Crippen molar-refractivity contribution in [2.24, 2.45) is 0 Å². The number of alkyl halides is 3. The second-order valence-corrected chi connectivity index (χ2v) is 6.61. The number of hydrogen-bond acceptors (Lipinski definition) is 2. The fourth-order valence-electron chi connectivity index (χ4n) is 3.42. The zero-order chi connectivity index (χ0) is 19.0. The van der Waals surface area contributed by atoms with E-state index in [9.17, 15) is 18.0 Å². The lowest BCUT2D eigenvalue weighted by Crippen LogP contribution is -2.48. The summed E-state index contributed by atoms with van der Waals surface area (Å²) in [5.74, 6) is -0.0539. The number of piperazine rings is 1. The van der Waals surface area contributed by atoms with E-state index in [1.807, 2.05) is 29.3 Å². The van der Waals surface area contributed by atoms with E-state index < -0.39 is 11.7 Å². The summed E-state index contributed by atoms with van der Waals surface area (Å²) in [5.41, 5.74) is 1.47. The van der Waals surface area contributed by atoms with Gasteiger partial charge in [-0.3, -0.25) is 4.79 Å². The van der Waals surface area contributed by atoms with E-state index in [0.717, 1.165) is 23.0 Å². The normalized spacial score (nSPS) is 15.4. The van der Waals surface area contributed by atoms with E-state index in [4.69, 9.17) is 0 Å². The van der Waals surface area contributed by atoms with Crippen LogP contribution in [0.1, 0.15) is 15.9 Å². The van der Waals surface area contributed by atoms with Gasteiger partial charge in [0, 0.05) is 54.5 Å². The molecule has 27 heavy (non-hydrogen) atoms. The van der Waals surface area contributed by atoms with Crippen molar-refractivity contribution in [1.29, 1.82) is 0 Å². The SMILES string of the molecule is O=C(c1ccc2[nH]ccc2c1)N1CCN(c2cccc(C(F)(F)F)c2)CC1. The van der Waals surface area contributed by atoms with Crippen LogP contribution in [0, 0.1) is 0 Å². The molecule has 1 aromatic heterocycles. The van der Waals surface area contributed by atoms with Crippen LogP contribution in [-0.2, 0) is 6.18 Å². The molecular weight excluding hydrogens is 355 g/mol. The number of aromatic nitrogens is 1. The van der Waals surface area contributed by atoms with Gasteiger partial charge in [0.05, 0.1) is 5.56 Å². The highest BCUT2D eigenvalue weighted by Crippen LogP contribution is 2.32. The maximum absolute atomic E-state index is 12.9. The average Bonchev–Trinajstić information content (AvgIpc) is 3.15. The van der Waals surface area contributed by atoms with Crippen LogP contribution in [0.2, 0.25) is 0 Å². The Balaban J connectivity index is 1.45. The molecular formula is C20H18F3N3O. The maximum atomic E-state index is 12.9. The van der Waals surface area contributed by atoms with E-state index in [-0.39, 0.29) is 5.91 Å². The Morgan fingerprint density at radius 1 is 0.963 bits per heavy atom. The molecule has 1 amide bonds. The first-order valence-corrected chi connectivity index (χ1v) is 8.70. The summed E-state index contributed by atoms with van der Waals surface area (Å²) in [5, 5.41) is 0.975. The summed E-state index contributed by atoms with van der Waals surface area (Å²) in [7, 11) is 0. The Morgan fingerprint density at radius 2 is 1.74 bits per heavy atom. The number of H-pyrrole nitrogens is 1. The molecule has 2 aromatic carbocycles. The fraction of sp³-hybridized carbons (Fsp3) is 0.250. The molecule has 2 heterocycles. The lowest BCUT2D eigenvalue weighted by atomic mass is 10.1. The van der Waals surface area contributed by atoms with Crippen LogP contribution in [0.15, 0.2) is 54.7 Å². The summed E-state index contributed by atoms with van der Waals surface area (Å²) in [6, 6.07) is 12.8. The first-order valence-electron chi connectivity index (χ1n) is 8.70. The minimum atomic E-state index is -4.36. The molecule has 0 aliphatic carbocycles. The van der Waals surface area contributed by atoms with Gasteiger partial charge in [0.25, 0.3) is 5.91 Å². The summed E-state index contributed by atoms with van der Waals surface area (Å²) >= 11 is 0. The van der Waals surface area contributed by atoms with Crippen molar-refractivity contribution in [3.8, 4) is 0 Å². The van der Waals surface area contributed by atoms with Crippen molar-refractivity contribution in [2.45, 2.75) is 6.18 Å². The van der Waals surface area contributed by atoms with Crippen LogP contribution in [0.4, 0.5) is 18.9 Å². The summed E-state index contributed by atoms with van der Waals surface area (Å²) in [6.07, 6.45) is -2.53. The molecule has 1 aliphatic rings. The predicted octanol–water partition coefficient (Wildman–Crippen LogP) is 4.15. The topological polar surface area (TPSA) is 39.3 Å². The van der Waals surface area contributed by atoms with Crippen molar-refractivity contribution in [3.05, 3.63) is 65.9 Å². The summed E-state index contributed by atoms with van der Waals surface area (Å²) in [4.78, 5) is 19.5. The van der Waals surface area contributed by atoms with Crippen molar-refractivity contribution in [1.82, 2.24) is 9.88 Å². The van der Waals surface area contributed by atoms with Crippen molar-refractivity contribution in [3.63, 3.8) is 0 Å². The number of aromatic amines is 1. The summed E-state index contributed by atoms with van der Waals surface area (Å²) < 4.78 is 38.7. The first-order chi connectivity index (χ1) is 12.9. The first kappa shape index (κ1) is 17.5. The van der Waals surface area contributed by atoms with Gasteiger partial charge >= 0.3 is 6.18 Å². The van der Waals surface area contributed by atoms with Crippen molar-refractivity contribution in [2.75, 3.05) is 31.1 Å². The van der Waals surface area contributed by atoms with Crippen LogP contribution in [0.3, 0.4) is 0 Å². The minimum absolute atomic E-state index is 0.0539. The number of carbonyl (C=O) groups excluding carboxylic acids is 1. The molecule has 0 radical (unpaired) electrons. The highest BCUT2D eigenvalue weighted by atomic mass is 19.4. The number of amides is 1. The number of anilines is 1. The number of halogens is 3. The molecule has 0 bridgehead atoms. The van der Waals surface area contributed by atoms with Gasteiger partial charge in [0.2, 0.25) is 0 Å². The second kappa shape index (κ2) is 6.64. The van der Waals surface area contributed by atoms with Crippen LogP contribution in [0.5, 0.6) is 0 Å². The Hall–Kier alpha value is -2.96. The number of carbonyl (C=O) groups is 1. The monoisotopic (exact) mass is 373 g/mol. The number of rotatable bonds is 2. The number of nitrogens with one attached hydrogen (secondary N) is 1. The van der Waals surface area contributed by atoms with E-state index >= 15 is 0 Å². The van der Waals surface area contributed by atoms with Crippen LogP contribution in [-0.4, -0.2) is 42.0 Å². The van der Waals surface area contributed by atoms with E-state index in [1.165, 1.54) is 6.07 Å². The third kappa shape index (κ3) is 3.49. The van der Waals surface area contributed by atoms with Gasteiger partial charge in [0.15, 0.2) is 0 Å². The molecule has 0 atom stereocenters. The molecule has 1 fully saturated rings. The zero-order valence-corrected chi connectivity index (χ0v) is 14.5. The smallest absolute Gasteiger partial charge is 0.368 e. The van der Waals surface area contributed by atoms with Gasteiger partial charge in [-0.15, -0.1) is 0 Å². The minimum Gasteiger partial charge on any atom is -0.368 e. The number of benzene rings is 2. The predicted molar refractivity (Wildman–Crippen MR) is 97.9 cm³/mol. The fourth-order valence-corrected chi connectivity index (χ4v) is 3.42. The number of fused-ring (bicyclic) bond motifs is 1. The third-order valence-corrected chi connectivity index (χ3v) is 4.91. The second-order valence-electron chi connectivity index (χ2n) is 6.61. The van der Waals surface area contributed by atoms with Crippen LogP contribution in [0.25, 0.3) is 10.9 Å². The molecule has 3 aromatic rings. The van der Waals surface area contributed by atoms with Gasteiger partial charge in [0.1, 0.15) is 0 Å². The lowest BCUT2D eigenvalue weighted by molar-refractivity contribution is -0.137. The third-order valence-electron chi connectivity index (χ3n) is 4.91. The van der Waals surface area contributed by atoms with Crippen molar-refractivity contribution >= 4 is 22.5 Å². The molecule has 0 unspecified atom stereocenters. The molecule has 140 valence electrons. The molecule has 1 saturated heterocycles. The molecule has 0 spiro atoms. The Labute approximate surface area is 154 Å². The Kier molecular flexibility index (Phi) is 4.30. The molecule has 0 saturated carbocycles. The largest absolute Gasteiger partial charge is 0.416 e. The standard InChI is InChI=1S/C20H18F3N3O/c21-20(22,23)16-2-1-3-17(13-16)25-8-10-26(11-9-25)19(27)15-4-5-18-14(12-15)6-7-24-18/h1-7,12-13,24H,8-11H2. The Morgan fingerprint density at radius 3 is 2.48 bits per heavy atom. The van der Waals surface area contributed by atoms with Crippen LogP contribution < -0.4 is 4.90 Å². The quantitative estimate of drug-likeness (QED) is 0.733. The Bertz CT molecular complexity index is 972. The van der Waals surface area contributed by atoms with E-state index in [1.54, 1.807) is 17.0 Å². The van der Waals surface area contributed by atoms with Gasteiger partial charge in [-0.25, -0.2) is 0 Å². The van der Waals surface area contributed by atoms with Crippen LogP contribution >= 0.6 is 0 Å².